The van der Waals surface area contributed by atoms with Gasteiger partial charge in [0.05, 0.1) is 10.5 Å². The van der Waals surface area contributed by atoms with Crippen LogP contribution in [0.2, 0.25) is 0 Å². The molecule has 6 nitrogen and oxygen atoms in total. The summed E-state index contributed by atoms with van der Waals surface area (Å²) < 4.78 is 27.4. The Kier molecular flexibility index (Phi) is 4.18. The first-order valence-corrected chi connectivity index (χ1v) is 8.99. The highest BCUT2D eigenvalue weighted by atomic mass is 32.2. The summed E-state index contributed by atoms with van der Waals surface area (Å²) in [4.78, 5) is 12.0. The van der Waals surface area contributed by atoms with Crippen molar-refractivity contribution in [2.75, 3.05) is 0 Å². The molecule has 0 N–H and O–H groups in total. The van der Waals surface area contributed by atoms with Gasteiger partial charge in [-0.15, -0.1) is 0 Å². The maximum absolute atomic E-state index is 12.9. The molecule has 0 saturated carbocycles. The molecular formula is C18H16N2O4S. The summed E-state index contributed by atoms with van der Waals surface area (Å²) in [5.74, 6) is -0.407. The monoisotopic (exact) mass is 356 g/mol. The van der Waals surface area contributed by atoms with Crippen molar-refractivity contribution in [3.63, 3.8) is 0 Å². The van der Waals surface area contributed by atoms with Gasteiger partial charge in [0.25, 0.3) is 10.0 Å². The van der Waals surface area contributed by atoms with E-state index in [1.807, 2.05) is 6.92 Å². The second kappa shape index (κ2) is 6.18. The summed E-state index contributed by atoms with van der Waals surface area (Å²) in [5.41, 5.74) is 1.55. The predicted molar refractivity (Wildman–Crippen MR) is 92.6 cm³/mol. The average Bonchev–Trinajstić information content (AvgIpc) is 3.02. The summed E-state index contributed by atoms with van der Waals surface area (Å²) in [6.07, 6.45) is 2.62. The average molecular weight is 356 g/mol. The van der Waals surface area contributed by atoms with E-state index in [2.05, 4.69) is 0 Å². The molecule has 7 heteroatoms. The molecule has 2 aromatic heterocycles. The Balaban J connectivity index is 2.20. The standard InChI is InChI=1S/C18H16N2O4S/c1-13-6-8-16(9-7-13)25(23,24)20-12-15(11-18(20)14(2)21)17-5-3-4-10-19(17)22/h3-12H,1-2H3. The van der Waals surface area contributed by atoms with Gasteiger partial charge in [0.1, 0.15) is 5.69 Å². The summed E-state index contributed by atoms with van der Waals surface area (Å²) in [7, 11) is -3.95. The molecule has 0 aliphatic heterocycles. The van der Waals surface area contributed by atoms with Crippen molar-refractivity contribution in [2.45, 2.75) is 18.7 Å². The molecule has 0 aliphatic carbocycles. The van der Waals surface area contributed by atoms with Gasteiger partial charge in [-0.2, -0.15) is 4.73 Å². The van der Waals surface area contributed by atoms with Crippen LogP contribution < -0.4 is 4.73 Å². The number of carbonyl (C=O) groups excluding carboxylic acids is 1. The highest BCUT2D eigenvalue weighted by molar-refractivity contribution is 7.90. The van der Waals surface area contributed by atoms with Gasteiger partial charge in [-0.3, -0.25) is 4.79 Å². The Morgan fingerprint density at radius 1 is 1.12 bits per heavy atom. The van der Waals surface area contributed by atoms with Crippen molar-refractivity contribution in [2.24, 2.45) is 0 Å². The zero-order valence-corrected chi connectivity index (χ0v) is 14.5. The zero-order chi connectivity index (χ0) is 18.2. The van der Waals surface area contributed by atoms with Crippen LogP contribution in [0.4, 0.5) is 0 Å². The van der Waals surface area contributed by atoms with E-state index in [4.69, 9.17) is 0 Å². The SMILES string of the molecule is CC(=O)c1cc(-c2cccc[n+]2[O-])cn1S(=O)(=O)c1ccc(C)cc1. The third-order valence-electron chi connectivity index (χ3n) is 3.84. The van der Waals surface area contributed by atoms with E-state index >= 15 is 0 Å². The molecule has 0 amide bonds. The van der Waals surface area contributed by atoms with Gasteiger partial charge in [0.15, 0.2) is 12.0 Å². The van der Waals surface area contributed by atoms with Crippen molar-refractivity contribution in [3.05, 3.63) is 77.4 Å². The molecule has 0 bridgehead atoms. The number of benzene rings is 1. The van der Waals surface area contributed by atoms with Crippen LogP contribution in [-0.4, -0.2) is 18.2 Å². The van der Waals surface area contributed by atoms with Gasteiger partial charge >= 0.3 is 0 Å². The molecule has 0 aliphatic rings. The maximum Gasteiger partial charge on any atom is 0.268 e. The van der Waals surface area contributed by atoms with Crippen LogP contribution in [0.5, 0.6) is 0 Å². The van der Waals surface area contributed by atoms with Crippen LogP contribution >= 0.6 is 0 Å². The molecule has 1 aromatic carbocycles. The molecule has 128 valence electrons. The molecule has 3 rings (SSSR count). The van der Waals surface area contributed by atoms with Gasteiger partial charge in [0, 0.05) is 25.3 Å². The first kappa shape index (κ1) is 16.9. The summed E-state index contributed by atoms with van der Waals surface area (Å²) in [6, 6.07) is 12.6. The smallest absolute Gasteiger partial charge is 0.268 e. The van der Waals surface area contributed by atoms with E-state index < -0.39 is 15.8 Å². The van der Waals surface area contributed by atoms with E-state index in [1.54, 1.807) is 30.3 Å². The number of carbonyl (C=O) groups is 1. The highest BCUT2D eigenvalue weighted by Gasteiger charge is 2.25. The Morgan fingerprint density at radius 3 is 2.40 bits per heavy atom. The van der Waals surface area contributed by atoms with E-state index in [0.717, 1.165) is 9.54 Å². The second-order valence-corrected chi connectivity index (χ2v) is 7.51. The molecule has 0 radical (unpaired) electrons. The lowest BCUT2D eigenvalue weighted by molar-refractivity contribution is -0.593. The lowest BCUT2D eigenvalue weighted by atomic mass is 10.2. The molecule has 0 fully saturated rings. The number of rotatable bonds is 4. The van der Waals surface area contributed by atoms with Crippen molar-refractivity contribution in [1.82, 2.24) is 3.97 Å². The number of aromatic nitrogens is 2. The second-order valence-electron chi connectivity index (χ2n) is 5.70. The van der Waals surface area contributed by atoms with E-state index in [9.17, 15) is 18.4 Å². The van der Waals surface area contributed by atoms with Gasteiger partial charge in [0.2, 0.25) is 5.69 Å². The first-order valence-electron chi connectivity index (χ1n) is 7.55. The third kappa shape index (κ3) is 3.06. The fourth-order valence-electron chi connectivity index (χ4n) is 2.52. The van der Waals surface area contributed by atoms with Gasteiger partial charge in [-0.05, 0) is 31.2 Å². The normalized spacial score (nSPS) is 11.4. The van der Waals surface area contributed by atoms with Crippen LogP contribution in [0.3, 0.4) is 0 Å². The topological polar surface area (TPSA) is 83.1 Å². The number of aryl methyl sites for hydroxylation is 1. The fraction of sp³-hybridized carbons (Fsp3) is 0.111. The predicted octanol–water partition coefficient (Wildman–Crippen LogP) is 2.54. The Bertz CT molecular complexity index is 1050. The summed E-state index contributed by atoms with van der Waals surface area (Å²) >= 11 is 0. The molecule has 0 saturated heterocycles. The van der Waals surface area contributed by atoms with Gasteiger partial charge in [-0.25, -0.2) is 12.4 Å². The maximum atomic E-state index is 12.9. The fourth-order valence-corrected chi connectivity index (χ4v) is 3.92. The van der Waals surface area contributed by atoms with E-state index in [1.165, 1.54) is 37.5 Å². The summed E-state index contributed by atoms with van der Waals surface area (Å²) in [5, 5.41) is 11.9. The number of Topliss-reactive ketones (excluding diaryl/α,β-unsaturated/α-hetero) is 1. The third-order valence-corrected chi connectivity index (χ3v) is 5.53. The molecule has 0 spiro atoms. The molecular weight excluding hydrogens is 340 g/mol. The molecule has 0 atom stereocenters. The highest BCUT2D eigenvalue weighted by Crippen LogP contribution is 2.24. The van der Waals surface area contributed by atoms with Gasteiger partial charge < -0.3 is 5.21 Å². The van der Waals surface area contributed by atoms with E-state index in [0.29, 0.717) is 10.3 Å². The van der Waals surface area contributed by atoms with Crippen LogP contribution in [0.1, 0.15) is 23.0 Å². The van der Waals surface area contributed by atoms with E-state index in [-0.39, 0.29) is 16.3 Å². The van der Waals surface area contributed by atoms with Crippen LogP contribution in [-0.2, 0) is 10.0 Å². The quantitative estimate of drug-likeness (QED) is 0.409. The number of pyridine rings is 1. The van der Waals surface area contributed by atoms with Crippen molar-refractivity contribution in [1.29, 1.82) is 0 Å². The summed E-state index contributed by atoms with van der Waals surface area (Å²) in [6.45, 7) is 3.14. The molecule has 0 unspecified atom stereocenters. The van der Waals surface area contributed by atoms with Crippen molar-refractivity contribution < 1.29 is 17.9 Å². The van der Waals surface area contributed by atoms with Crippen LogP contribution in [0.15, 0.2) is 65.8 Å². The first-order chi connectivity index (χ1) is 11.8. The number of nitrogens with zero attached hydrogens (tertiary/aromatic N) is 2. The number of hydrogen-bond donors (Lipinski definition) is 0. The lowest BCUT2D eigenvalue weighted by Gasteiger charge is -2.09. The van der Waals surface area contributed by atoms with Crippen molar-refractivity contribution in [3.8, 4) is 11.3 Å². The number of ketones is 1. The number of hydrogen-bond acceptors (Lipinski definition) is 4. The zero-order valence-electron chi connectivity index (χ0n) is 13.7. The van der Waals surface area contributed by atoms with Gasteiger partial charge in [-0.1, -0.05) is 17.7 Å². The largest absolute Gasteiger partial charge is 0.618 e. The van der Waals surface area contributed by atoms with Crippen LogP contribution in [0.25, 0.3) is 11.3 Å². The minimum absolute atomic E-state index is 0.000530. The minimum atomic E-state index is -3.95. The van der Waals surface area contributed by atoms with Crippen molar-refractivity contribution >= 4 is 15.8 Å². The molecule has 2 heterocycles. The molecule has 25 heavy (non-hydrogen) atoms. The Labute approximate surface area is 145 Å². The minimum Gasteiger partial charge on any atom is -0.618 e. The molecule has 3 aromatic rings. The Hall–Kier alpha value is -2.93. The lowest BCUT2D eigenvalue weighted by Crippen LogP contribution is -2.27. The van der Waals surface area contributed by atoms with Crippen LogP contribution in [0, 0.1) is 12.1 Å². The Morgan fingerprint density at radius 2 is 1.80 bits per heavy atom.